The summed E-state index contributed by atoms with van der Waals surface area (Å²) < 4.78 is 0. The third-order valence-electron chi connectivity index (χ3n) is 3.50. The van der Waals surface area contributed by atoms with Gasteiger partial charge in [0.05, 0.1) is 5.69 Å². The lowest BCUT2D eigenvalue weighted by atomic mass is 10.0. The van der Waals surface area contributed by atoms with Crippen molar-refractivity contribution in [3.8, 4) is 0 Å². The Bertz CT molecular complexity index is 324. The molecule has 1 aromatic heterocycles. The van der Waals surface area contributed by atoms with E-state index in [2.05, 4.69) is 18.8 Å². The summed E-state index contributed by atoms with van der Waals surface area (Å²) in [6.45, 7) is 4.92. The molecule has 0 spiro atoms. The van der Waals surface area contributed by atoms with Crippen molar-refractivity contribution in [1.29, 1.82) is 0 Å². The Morgan fingerprint density at radius 1 is 1.47 bits per heavy atom. The van der Waals surface area contributed by atoms with E-state index in [4.69, 9.17) is 10.7 Å². The number of nitrogens with zero attached hydrogens (tertiary/aromatic N) is 1. The Balaban J connectivity index is 2.20. The Labute approximate surface area is 91.5 Å². The number of nitrogens with one attached hydrogen (secondary N) is 1. The highest BCUT2D eigenvalue weighted by atomic mass is 14.9. The quantitative estimate of drug-likeness (QED) is 0.799. The Kier molecular flexibility index (Phi) is 3.10. The number of H-pyrrole nitrogens is 1. The molecule has 1 saturated carbocycles. The zero-order chi connectivity index (χ0) is 10.8. The molecular weight excluding hydrogens is 186 g/mol. The Hall–Kier alpha value is -0.830. The predicted octanol–water partition coefficient (Wildman–Crippen LogP) is 2.44. The molecule has 0 aromatic carbocycles. The normalized spacial score (nSPS) is 19.7. The molecule has 15 heavy (non-hydrogen) atoms. The lowest BCUT2D eigenvalue weighted by Crippen LogP contribution is -2.10. The van der Waals surface area contributed by atoms with Crippen molar-refractivity contribution in [2.24, 2.45) is 5.73 Å². The van der Waals surface area contributed by atoms with Gasteiger partial charge < -0.3 is 10.7 Å². The highest BCUT2D eigenvalue weighted by Crippen LogP contribution is 2.35. The maximum atomic E-state index is 5.66. The monoisotopic (exact) mass is 207 g/mol. The van der Waals surface area contributed by atoms with Gasteiger partial charge in [-0.2, -0.15) is 0 Å². The summed E-state index contributed by atoms with van der Waals surface area (Å²) in [7, 11) is 0. The molecule has 1 fully saturated rings. The molecule has 0 radical (unpaired) electrons. The minimum absolute atomic E-state index is 0.346. The first-order chi connectivity index (χ1) is 7.22. The molecule has 1 aliphatic rings. The van der Waals surface area contributed by atoms with Crippen LogP contribution in [0.4, 0.5) is 0 Å². The van der Waals surface area contributed by atoms with Crippen molar-refractivity contribution in [3.63, 3.8) is 0 Å². The lowest BCUT2D eigenvalue weighted by molar-refractivity contribution is 0.681. The largest absolute Gasteiger partial charge is 0.346 e. The standard InChI is InChI=1S/C12H21N3/c1-8(7-13)12-14-9(2)11(15-12)10-5-3-4-6-10/h8,10H,3-7,13H2,1-2H3,(H,14,15). The zero-order valence-electron chi connectivity index (χ0n) is 9.71. The van der Waals surface area contributed by atoms with Crippen molar-refractivity contribution in [1.82, 2.24) is 9.97 Å². The SMILES string of the molecule is Cc1[nH]c(C(C)CN)nc1C1CCCC1. The van der Waals surface area contributed by atoms with Crippen molar-refractivity contribution in [3.05, 3.63) is 17.2 Å². The van der Waals surface area contributed by atoms with Gasteiger partial charge in [-0.1, -0.05) is 19.8 Å². The van der Waals surface area contributed by atoms with Crippen LogP contribution in [0.1, 0.15) is 61.7 Å². The molecule has 0 bridgehead atoms. The summed E-state index contributed by atoms with van der Waals surface area (Å²) in [5, 5.41) is 0. The lowest BCUT2D eigenvalue weighted by Gasteiger charge is -2.06. The van der Waals surface area contributed by atoms with Crippen LogP contribution < -0.4 is 5.73 Å². The molecule has 0 amide bonds. The van der Waals surface area contributed by atoms with E-state index in [1.165, 1.54) is 37.1 Å². The highest BCUT2D eigenvalue weighted by molar-refractivity contribution is 5.20. The van der Waals surface area contributed by atoms with Crippen LogP contribution in [-0.4, -0.2) is 16.5 Å². The topological polar surface area (TPSA) is 54.7 Å². The molecule has 3 heteroatoms. The second-order valence-electron chi connectivity index (χ2n) is 4.75. The van der Waals surface area contributed by atoms with Gasteiger partial charge in [0.2, 0.25) is 0 Å². The van der Waals surface area contributed by atoms with E-state index in [0.717, 1.165) is 5.82 Å². The zero-order valence-corrected chi connectivity index (χ0v) is 9.71. The van der Waals surface area contributed by atoms with Crippen molar-refractivity contribution in [2.75, 3.05) is 6.54 Å². The van der Waals surface area contributed by atoms with Crippen LogP contribution in [0, 0.1) is 6.92 Å². The van der Waals surface area contributed by atoms with E-state index in [-0.39, 0.29) is 0 Å². The van der Waals surface area contributed by atoms with Gasteiger partial charge in [0.1, 0.15) is 5.82 Å². The summed E-state index contributed by atoms with van der Waals surface area (Å²) in [6, 6.07) is 0. The van der Waals surface area contributed by atoms with Crippen LogP contribution in [0.3, 0.4) is 0 Å². The van der Waals surface area contributed by atoms with Gasteiger partial charge in [-0.05, 0) is 19.8 Å². The van der Waals surface area contributed by atoms with Crippen molar-refractivity contribution in [2.45, 2.75) is 51.4 Å². The molecule has 2 rings (SSSR count). The first-order valence-corrected chi connectivity index (χ1v) is 5.98. The maximum Gasteiger partial charge on any atom is 0.110 e. The fourth-order valence-corrected chi connectivity index (χ4v) is 2.44. The molecular formula is C12H21N3. The minimum Gasteiger partial charge on any atom is -0.346 e. The van der Waals surface area contributed by atoms with E-state index < -0.39 is 0 Å². The molecule has 1 atom stereocenters. The fourth-order valence-electron chi connectivity index (χ4n) is 2.44. The van der Waals surface area contributed by atoms with Gasteiger partial charge in [-0.3, -0.25) is 0 Å². The van der Waals surface area contributed by atoms with Crippen molar-refractivity contribution < 1.29 is 0 Å². The third kappa shape index (κ3) is 2.07. The highest BCUT2D eigenvalue weighted by Gasteiger charge is 2.22. The summed E-state index contributed by atoms with van der Waals surface area (Å²) in [5.41, 5.74) is 8.20. The molecule has 1 unspecified atom stereocenters. The average molecular weight is 207 g/mol. The minimum atomic E-state index is 0.346. The van der Waals surface area contributed by atoms with Crippen LogP contribution in [-0.2, 0) is 0 Å². The van der Waals surface area contributed by atoms with Gasteiger partial charge in [0, 0.05) is 24.1 Å². The number of nitrogens with two attached hydrogens (primary N) is 1. The third-order valence-corrected chi connectivity index (χ3v) is 3.50. The number of hydrogen-bond acceptors (Lipinski definition) is 2. The summed E-state index contributed by atoms with van der Waals surface area (Å²) >= 11 is 0. The van der Waals surface area contributed by atoms with Crippen LogP contribution in [0.15, 0.2) is 0 Å². The van der Waals surface area contributed by atoms with E-state index in [0.29, 0.717) is 18.4 Å². The van der Waals surface area contributed by atoms with E-state index >= 15 is 0 Å². The van der Waals surface area contributed by atoms with Gasteiger partial charge >= 0.3 is 0 Å². The molecule has 0 aliphatic heterocycles. The molecule has 84 valence electrons. The van der Waals surface area contributed by atoms with Gasteiger partial charge in [0.15, 0.2) is 0 Å². The second kappa shape index (κ2) is 4.35. The number of imidazole rings is 1. The maximum absolute atomic E-state index is 5.66. The van der Waals surface area contributed by atoms with Crippen LogP contribution in [0.5, 0.6) is 0 Å². The molecule has 1 heterocycles. The van der Waals surface area contributed by atoms with Crippen molar-refractivity contribution >= 4 is 0 Å². The average Bonchev–Trinajstić information content (AvgIpc) is 2.84. The van der Waals surface area contributed by atoms with E-state index in [1.807, 2.05) is 0 Å². The first-order valence-electron chi connectivity index (χ1n) is 5.98. The van der Waals surface area contributed by atoms with Gasteiger partial charge in [-0.15, -0.1) is 0 Å². The van der Waals surface area contributed by atoms with Crippen LogP contribution >= 0.6 is 0 Å². The smallest absolute Gasteiger partial charge is 0.110 e. The molecule has 3 nitrogen and oxygen atoms in total. The fraction of sp³-hybridized carbons (Fsp3) is 0.750. The number of hydrogen-bond donors (Lipinski definition) is 2. The van der Waals surface area contributed by atoms with Crippen LogP contribution in [0.25, 0.3) is 0 Å². The second-order valence-corrected chi connectivity index (χ2v) is 4.75. The van der Waals surface area contributed by atoms with Crippen LogP contribution in [0.2, 0.25) is 0 Å². The van der Waals surface area contributed by atoms with E-state index in [1.54, 1.807) is 0 Å². The molecule has 1 aromatic rings. The predicted molar refractivity (Wildman–Crippen MR) is 62.0 cm³/mol. The number of rotatable bonds is 3. The Morgan fingerprint density at radius 2 is 2.13 bits per heavy atom. The summed E-state index contributed by atoms with van der Waals surface area (Å²) in [4.78, 5) is 8.11. The molecule has 3 N–H and O–H groups in total. The molecule has 0 saturated heterocycles. The summed E-state index contributed by atoms with van der Waals surface area (Å²) in [6.07, 6.45) is 5.34. The molecule has 1 aliphatic carbocycles. The number of aromatic amines is 1. The Morgan fingerprint density at radius 3 is 2.73 bits per heavy atom. The van der Waals surface area contributed by atoms with Gasteiger partial charge in [-0.25, -0.2) is 4.98 Å². The summed E-state index contributed by atoms with van der Waals surface area (Å²) in [5.74, 6) is 2.11. The number of aryl methyl sites for hydroxylation is 1. The number of aromatic nitrogens is 2. The van der Waals surface area contributed by atoms with E-state index in [9.17, 15) is 0 Å². The van der Waals surface area contributed by atoms with Gasteiger partial charge in [0.25, 0.3) is 0 Å². The first kappa shape index (κ1) is 10.7.